The summed E-state index contributed by atoms with van der Waals surface area (Å²) >= 11 is 0. The highest BCUT2D eigenvalue weighted by Gasteiger charge is 2.71. The van der Waals surface area contributed by atoms with Gasteiger partial charge in [-0.25, -0.2) is 0 Å². The molecule has 1 aliphatic heterocycles. The van der Waals surface area contributed by atoms with E-state index in [2.05, 4.69) is 55.4 Å². The Bertz CT molecular complexity index is 789. The largest absolute Gasteiger partial charge is 0.393 e. The molecule has 3 nitrogen and oxygen atoms in total. The molecule has 190 valence electrons. The molecule has 0 bridgehead atoms. The van der Waals surface area contributed by atoms with Gasteiger partial charge in [-0.15, -0.1) is 0 Å². The second-order valence-corrected chi connectivity index (χ2v) is 15.4. The molecule has 2 N–H and O–H groups in total. The van der Waals surface area contributed by atoms with Crippen LogP contribution >= 0.6 is 0 Å². The average Bonchev–Trinajstić information content (AvgIpc) is 3.07. The number of hydrogen-bond acceptors (Lipinski definition) is 3. The number of ether oxygens (including phenoxy) is 1. The van der Waals surface area contributed by atoms with Crippen LogP contribution in [0.2, 0.25) is 0 Å². The minimum absolute atomic E-state index is 0.0375. The van der Waals surface area contributed by atoms with Gasteiger partial charge in [-0.05, 0) is 130 Å². The Kier molecular flexibility index (Phi) is 5.38. The van der Waals surface area contributed by atoms with E-state index in [9.17, 15) is 10.2 Å². The number of hydrogen-bond donors (Lipinski definition) is 2. The van der Waals surface area contributed by atoms with Crippen LogP contribution < -0.4 is 0 Å². The SMILES string of the molecule is CC1(C)CCC[C@@](C)(C2CC[C@@]3(C)[C@H]2[C@H](O)C[C@H]2[C@@]4(C)CC[C@H](O)C(C)(C)[C@H]4CC[C@]23C)O1. The first-order valence-electron chi connectivity index (χ1n) is 14.2. The third-order valence-corrected chi connectivity index (χ3v) is 13.1. The summed E-state index contributed by atoms with van der Waals surface area (Å²) in [5.74, 6) is 1.85. The van der Waals surface area contributed by atoms with Gasteiger partial charge in [0.05, 0.1) is 23.4 Å². The molecule has 1 saturated heterocycles. The first-order chi connectivity index (χ1) is 15.1. The van der Waals surface area contributed by atoms with Crippen molar-refractivity contribution in [1.29, 1.82) is 0 Å². The third-order valence-electron chi connectivity index (χ3n) is 13.1. The van der Waals surface area contributed by atoms with E-state index in [0.29, 0.717) is 23.7 Å². The molecule has 0 aromatic heterocycles. The van der Waals surface area contributed by atoms with Gasteiger partial charge >= 0.3 is 0 Å². The molecule has 3 heteroatoms. The predicted molar refractivity (Wildman–Crippen MR) is 134 cm³/mol. The molecule has 5 rings (SSSR count). The predicted octanol–water partition coefficient (Wildman–Crippen LogP) is 6.74. The molecule has 10 atom stereocenters. The fourth-order valence-electron chi connectivity index (χ4n) is 11.3. The highest BCUT2D eigenvalue weighted by molar-refractivity contribution is 5.20. The maximum atomic E-state index is 11.9. The van der Waals surface area contributed by atoms with E-state index < -0.39 is 0 Å². The molecule has 5 fully saturated rings. The molecule has 1 heterocycles. The maximum Gasteiger partial charge on any atom is 0.0693 e. The molecule has 0 amide bonds. The first kappa shape index (κ1) is 24.6. The van der Waals surface area contributed by atoms with Crippen molar-refractivity contribution >= 4 is 0 Å². The molecule has 4 saturated carbocycles. The van der Waals surface area contributed by atoms with Gasteiger partial charge in [-0.1, -0.05) is 34.6 Å². The van der Waals surface area contributed by atoms with Crippen LogP contribution in [-0.2, 0) is 4.74 Å². The molecule has 0 spiro atoms. The van der Waals surface area contributed by atoms with Crippen LogP contribution in [-0.4, -0.2) is 33.6 Å². The molecular formula is C30H52O3. The fourth-order valence-corrected chi connectivity index (χ4v) is 11.3. The van der Waals surface area contributed by atoms with Crippen molar-refractivity contribution in [3.63, 3.8) is 0 Å². The molecule has 5 aliphatic rings. The minimum atomic E-state index is -0.239. The first-order valence-corrected chi connectivity index (χ1v) is 14.2. The van der Waals surface area contributed by atoms with Gasteiger partial charge in [0.25, 0.3) is 0 Å². The lowest BCUT2D eigenvalue weighted by molar-refractivity contribution is -0.257. The zero-order chi connectivity index (χ0) is 24.2. The van der Waals surface area contributed by atoms with Gasteiger partial charge in [0.15, 0.2) is 0 Å². The average molecular weight is 461 g/mol. The number of fused-ring (bicyclic) bond motifs is 5. The van der Waals surface area contributed by atoms with Crippen LogP contribution in [0.3, 0.4) is 0 Å². The summed E-state index contributed by atoms with van der Waals surface area (Å²) in [4.78, 5) is 0. The Morgan fingerprint density at radius 3 is 2.03 bits per heavy atom. The van der Waals surface area contributed by atoms with E-state index in [1.807, 2.05) is 0 Å². The van der Waals surface area contributed by atoms with Gasteiger partial charge < -0.3 is 14.9 Å². The van der Waals surface area contributed by atoms with E-state index in [4.69, 9.17) is 4.74 Å². The quantitative estimate of drug-likeness (QED) is 0.455. The third kappa shape index (κ3) is 3.16. The van der Waals surface area contributed by atoms with Crippen molar-refractivity contribution in [3.05, 3.63) is 0 Å². The Morgan fingerprint density at radius 1 is 0.697 bits per heavy atom. The summed E-state index contributed by atoms with van der Waals surface area (Å²) in [6, 6.07) is 0. The highest BCUT2D eigenvalue weighted by atomic mass is 16.5. The number of aliphatic hydroxyl groups is 2. The Hall–Kier alpha value is -0.120. The normalized spacial score (nSPS) is 57.6. The van der Waals surface area contributed by atoms with E-state index in [1.54, 1.807) is 0 Å². The summed E-state index contributed by atoms with van der Waals surface area (Å²) in [5.41, 5.74) is 0.392. The highest BCUT2D eigenvalue weighted by Crippen LogP contribution is 2.76. The summed E-state index contributed by atoms with van der Waals surface area (Å²) < 4.78 is 6.86. The zero-order valence-electron chi connectivity index (χ0n) is 22.8. The van der Waals surface area contributed by atoms with Crippen molar-refractivity contribution in [3.8, 4) is 0 Å². The zero-order valence-corrected chi connectivity index (χ0v) is 22.8. The topological polar surface area (TPSA) is 49.7 Å². The lowest BCUT2D eigenvalue weighted by Crippen LogP contribution is -2.66. The number of aliphatic hydroxyl groups excluding tert-OH is 2. The van der Waals surface area contributed by atoms with Crippen LogP contribution in [0.25, 0.3) is 0 Å². The van der Waals surface area contributed by atoms with Crippen molar-refractivity contribution in [2.75, 3.05) is 0 Å². The molecular weight excluding hydrogens is 408 g/mol. The van der Waals surface area contributed by atoms with Crippen molar-refractivity contribution < 1.29 is 14.9 Å². The fraction of sp³-hybridized carbons (Fsp3) is 1.00. The van der Waals surface area contributed by atoms with Crippen molar-refractivity contribution in [2.24, 2.45) is 45.3 Å². The summed E-state index contributed by atoms with van der Waals surface area (Å²) in [5, 5.41) is 22.8. The smallest absolute Gasteiger partial charge is 0.0693 e. The van der Waals surface area contributed by atoms with Gasteiger partial charge in [-0.3, -0.25) is 0 Å². The van der Waals surface area contributed by atoms with E-state index in [1.165, 1.54) is 32.1 Å². The van der Waals surface area contributed by atoms with Gasteiger partial charge in [-0.2, -0.15) is 0 Å². The van der Waals surface area contributed by atoms with Gasteiger partial charge in [0, 0.05) is 0 Å². The molecule has 0 aromatic carbocycles. The van der Waals surface area contributed by atoms with Crippen LogP contribution in [0.4, 0.5) is 0 Å². The van der Waals surface area contributed by atoms with Crippen LogP contribution in [0.5, 0.6) is 0 Å². The molecule has 0 aromatic rings. The van der Waals surface area contributed by atoms with Crippen LogP contribution in [0.1, 0.15) is 120 Å². The lowest BCUT2D eigenvalue weighted by Gasteiger charge is -2.70. The Balaban J connectivity index is 1.51. The van der Waals surface area contributed by atoms with Gasteiger partial charge in [0.1, 0.15) is 0 Å². The van der Waals surface area contributed by atoms with Crippen molar-refractivity contribution in [1.82, 2.24) is 0 Å². The molecule has 0 radical (unpaired) electrons. The van der Waals surface area contributed by atoms with E-state index in [0.717, 1.165) is 32.1 Å². The lowest BCUT2D eigenvalue weighted by atomic mass is 9.35. The summed E-state index contributed by atoms with van der Waals surface area (Å²) in [7, 11) is 0. The van der Waals surface area contributed by atoms with Crippen LogP contribution in [0.15, 0.2) is 0 Å². The van der Waals surface area contributed by atoms with E-state index in [-0.39, 0.29) is 45.1 Å². The summed E-state index contributed by atoms with van der Waals surface area (Å²) in [6.07, 6.45) is 10.9. The Morgan fingerprint density at radius 2 is 1.36 bits per heavy atom. The molecule has 4 aliphatic carbocycles. The second-order valence-electron chi connectivity index (χ2n) is 15.4. The second kappa shape index (κ2) is 7.22. The molecule has 33 heavy (non-hydrogen) atoms. The Labute approximate surface area is 203 Å². The number of rotatable bonds is 1. The standard InChI is InChI=1S/C30H52O3/c1-25(2)13-9-14-30(8,33-25)19-10-16-29(7)24(19)20(31)18-22-27(5)15-12-23(32)26(3,4)21(27)11-17-28(22,29)6/h19-24,31-32H,9-18H2,1-8H3/t19?,20-,21-,22+,23+,24-,27+,28-,29+,30+/m1/s1. The monoisotopic (exact) mass is 460 g/mol. The van der Waals surface area contributed by atoms with Crippen LogP contribution in [0, 0.1) is 45.3 Å². The van der Waals surface area contributed by atoms with Crippen molar-refractivity contribution in [2.45, 2.75) is 143 Å². The summed E-state index contributed by atoms with van der Waals surface area (Å²) in [6.45, 7) is 19.2. The minimum Gasteiger partial charge on any atom is -0.393 e. The molecule has 1 unspecified atom stereocenters. The maximum absolute atomic E-state index is 11.9. The van der Waals surface area contributed by atoms with Gasteiger partial charge in [0.2, 0.25) is 0 Å². The van der Waals surface area contributed by atoms with E-state index >= 15 is 0 Å².